The van der Waals surface area contributed by atoms with E-state index in [2.05, 4.69) is 5.32 Å². The Labute approximate surface area is 163 Å². The third-order valence-electron chi connectivity index (χ3n) is 4.30. The number of anilines is 1. The van der Waals surface area contributed by atoms with Crippen molar-refractivity contribution in [3.05, 3.63) is 53.8 Å². The highest BCUT2D eigenvalue weighted by Gasteiger charge is 2.28. The minimum absolute atomic E-state index is 0.0547. The molecule has 148 valence electrons. The second-order valence-electron chi connectivity index (χ2n) is 7.54. The molecule has 3 rings (SSSR count). The van der Waals surface area contributed by atoms with Crippen LogP contribution in [0.5, 0.6) is 11.5 Å². The van der Waals surface area contributed by atoms with Crippen molar-refractivity contribution in [2.75, 3.05) is 18.5 Å². The van der Waals surface area contributed by atoms with Crippen molar-refractivity contribution in [1.82, 2.24) is 4.90 Å². The molecule has 2 amide bonds. The Bertz CT molecular complexity index is 892. The van der Waals surface area contributed by atoms with Gasteiger partial charge in [-0.2, -0.15) is 0 Å². The van der Waals surface area contributed by atoms with Crippen molar-refractivity contribution in [2.24, 2.45) is 0 Å². The number of nitrogens with zero attached hydrogens (tertiary/aromatic N) is 1. The highest BCUT2D eigenvalue weighted by Crippen LogP contribution is 2.36. The first-order chi connectivity index (χ1) is 13.2. The number of para-hydroxylation sites is 1. The number of ether oxygens (including phenoxy) is 2. The number of carbonyl (C=O) groups is 2. The summed E-state index contributed by atoms with van der Waals surface area (Å²) in [6.45, 7) is 5.70. The van der Waals surface area contributed by atoms with Crippen molar-refractivity contribution in [2.45, 2.75) is 32.9 Å². The molecule has 6 nitrogen and oxygen atoms in total. The molecule has 2 aromatic rings. The van der Waals surface area contributed by atoms with E-state index >= 15 is 0 Å². The Morgan fingerprint density at radius 3 is 2.71 bits per heavy atom. The van der Waals surface area contributed by atoms with Crippen molar-refractivity contribution in [1.29, 1.82) is 0 Å². The molecule has 1 aliphatic heterocycles. The lowest BCUT2D eigenvalue weighted by atomic mass is 10.0. The molecule has 0 bridgehead atoms. The van der Waals surface area contributed by atoms with Crippen LogP contribution in [0.25, 0.3) is 0 Å². The third-order valence-corrected chi connectivity index (χ3v) is 4.30. The van der Waals surface area contributed by atoms with Crippen molar-refractivity contribution >= 4 is 17.5 Å². The number of amides is 2. The molecule has 0 saturated heterocycles. The van der Waals surface area contributed by atoms with Gasteiger partial charge >= 0.3 is 0 Å². The normalized spacial score (nSPS) is 13.2. The SMILES string of the molecule is CC(C)(C)N(Cc1cccc(F)c1)C(=O)COc1cccc2c1NC(=O)CO2. The van der Waals surface area contributed by atoms with E-state index in [1.807, 2.05) is 20.8 Å². The zero-order valence-electron chi connectivity index (χ0n) is 16.1. The molecule has 0 fully saturated rings. The smallest absolute Gasteiger partial charge is 0.262 e. The van der Waals surface area contributed by atoms with Crippen molar-refractivity contribution in [3.8, 4) is 11.5 Å². The molecular weight excluding hydrogens is 363 g/mol. The first-order valence-corrected chi connectivity index (χ1v) is 8.97. The van der Waals surface area contributed by atoms with E-state index in [-0.39, 0.29) is 37.4 Å². The summed E-state index contributed by atoms with van der Waals surface area (Å²) >= 11 is 0. The van der Waals surface area contributed by atoms with Crippen LogP contribution in [0.1, 0.15) is 26.3 Å². The first kappa shape index (κ1) is 19.7. The van der Waals surface area contributed by atoms with Crippen LogP contribution in [0.3, 0.4) is 0 Å². The van der Waals surface area contributed by atoms with E-state index in [4.69, 9.17) is 9.47 Å². The summed E-state index contributed by atoms with van der Waals surface area (Å²) in [4.78, 5) is 26.1. The van der Waals surface area contributed by atoms with Gasteiger partial charge in [-0.3, -0.25) is 9.59 Å². The molecule has 1 heterocycles. The monoisotopic (exact) mass is 386 g/mol. The lowest BCUT2D eigenvalue weighted by Crippen LogP contribution is -2.47. The van der Waals surface area contributed by atoms with Gasteiger partial charge in [0.05, 0.1) is 0 Å². The zero-order valence-corrected chi connectivity index (χ0v) is 16.1. The molecule has 0 aliphatic carbocycles. The van der Waals surface area contributed by atoms with Gasteiger partial charge in [-0.25, -0.2) is 4.39 Å². The molecule has 2 aromatic carbocycles. The third kappa shape index (κ3) is 4.60. The Kier molecular flexibility index (Phi) is 5.53. The summed E-state index contributed by atoms with van der Waals surface area (Å²) in [5, 5.41) is 2.70. The van der Waals surface area contributed by atoms with Gasteiger partial charge in [0.15, 0.2) is 13.2 Å². The average molecular weight is 386 g/mol. The molecule has 1 N–H and O–H groups in total. The number of hydrogen-bond donors (Lipinski definition) is 1. The predicted molar refractivity (Wildman–Crippen MR) is 103 cm³/mol. The van der Waals surface area contributed by atoms with E-state index in [0.29, 0.717) is 22.7 Å². The molecular formula is C21H23FN2O4. The van der Waals surface area contributed by atoms with E-state index in [9.17, 15) is 14.0 Å². The summed E-state index contributed by atoms with van der Waals surface area (Å²) < 4.78 is 24.5. The molecule has 1 aliphatic rings. The van der Waals surface area contributed by atoms with Gasteiger partial charge in [0, 0.05) is 12.1 Å². The van der Waals surface area contributed by atoms with Crippen LogP contribution in [0.4, 0.5) is 10.1 Å². The fourth-order valence-corrected chi connectivity index (χ4v) is 2.93. The molecule has 0 spiro atoms. The Morgan fingerprint density at radius 2 is 2.00 bits per heavy atom. The van der Waals surface area contributed by atoms with Crippen LogP contribution >= 0.6 is 0 Å². The standard InChI is InChI=1S/C21H23FN2O4/c1-21(2,3)24(11-14-6-4-7-15(22)10-14)19(26)13-28-17-9-5-8-16-20(17)23-18(25)12-27-16/h4-10H,11-13H2,1-3H3,(H,23,25). The number of carbonyl (C=O) groups excluding carboxylic acids is 2. The van der Waals surface area contributed by atoms with E-state index < -0.39 is 5.54 Å². The maximum absolute atomic E-state index is 13.5. The van der Waals surface area contributed by atoms with Crippen LogP contribution in [-0.2, 0) is 16.1 Å². The maximum Gasteiger partial charge on any atom is 0.262 e. The van der Waals surface area contributed by atoms with Crippen LogP contribution in [0.15, 0.2) is 42.5 Å². The average Bonchev–Trinajstić information content (AvgIpc) is 2.63. The van der Waals surface area contributed by atoms with E-state index in [1.165, 1.54) is 12.1 Å². The number of halogens is 1. The highest BCUT2D eigenvalue weighted by molar-refractivity contribution is 5.97. The second kappa shape index (κ2) is 7.88. The summed E-state index contributed by atoms with van der Waals surface area (Å²) in [6.07, 6.45) is 0. The van der Waals surface area contributed by atoms with Crippen molar-refractivity contribution in [3.63, 3.8) is 0 Å². The van der Waals surface area contributed by atoms with Crippen LogP contribution < -0.4 is 14.8 Å². The summed E-state index contributed by atoms with van der Waals surface area (Å²) in [5.74, 6) is -0.0214. The second-order valence-corrected chi connectivity index (χ2v) is 7.54. The molecule has 0 unspecified atom stereocenters. The van der Waals surface area contributed by atoms with Crippen molar-refractivity contribution < 1.29 is 23.5 Å². The molecule has 28 heavy (non-hydrogen) atoms. The molecule has 7 heteroatoms. The van der Waals surface area contributed by atoms with Gasteiger partial charge in [-0.1, -0.05) is 18.2 Å². The van der Waals surface area contributed by atoms with E-state index in [1.54, 1.807) is 35.2 Å². The minimum atomic E-state index is -0.486. The van der Waals surface area contributed by atoms with Gasteiger partial charge < -0.3 is 19.7 Å². The van der Waals surface area contributed by atoms with Gasteiger partial charge in [0.2, 0.25) is 0 Å². The molecule has 0 atom stereocenters. The minimum Gasteiger partial charge on any atom is -0.481 e. The van der Waals surface area contributed by atoms with Gasteiger partial charge in [0.1, 0.15) is 23.0 Å². The fourth-order valence-electron chi connectivity index (χ4n) is 2.93. The van der Waals surface area contributed by atoms with Crippen LogP contribution in [0, 0.1) is 5.82 Å². The number of hydrogen-bond acceptors (Lipinski definition) is 4. The van der Waals surface area contributed by atoms with Crippen LogP contribution in [0.2, 0.25) is 0 Å². The summed E-state index contributed by atoms with van der Waals surface area (Å²) in [7, 11) is 0. The zero-order chi connectivity index (χ0) is 20.3. The van der Waals surface area contributed by atoms with Gasteiger partial charge in [-0.05, 0) is 50.6 Å². The Balaban J connectivity index is 1.74. The van der Waals surface area contributed by atoms with E-state index in [0.717, 1.165) is 0 Å². The topological polar surface area (TPSA) is 67.9 Å². The predicted octanol–water partition coefficient (Wildman–Crippen LogP) is 3.36. The quantitative estimate of drug-likeness (QED) is 0.856. The molecule has 0 saturated carbocycles. The number of nitrogens with one attached hydrogen (secondary N) is 1. The fraction of sp³-hybridized carbons (Fsp3) is 0.333. The maximum atomic E-state index is 13.5. The van der Waals surface area contributed by atoms with Crippen LogP contribution in [-0.4, -0.2) is 35.5 Å². The number of fused-ring (bicyclic) bond motifs is 1. The number of benzene rings is 2. The molecule has 0 radical (unpaired) electrons. The lowest BCUT2D eigenvalue weighted by molar-refractivity contribution is -0.139. The lowest BCUT2D eigenvalue weighted by Gasteiger charge is -2.36. The Hall–Kier alpha value is -3.09. The number of rotatable bonds is 5. The Morgan fingerprint density at radius 1 is 1.25 bits per heavy atom. The summed E-state index contributed by atoms with van der Waals surface area (Å²) in [6, 6.07) is 11.3. The van der Waals surface area contributed by atoms with Gasteiger partial charge in [0.25, 0.3) is 11.8 Å². The van der Waals surface area contributed by atoms with Gasteiger partial charge in [-0.15, -0.1) is 0 Å². The molecule has 0 aromatic heterocycles. The highest BCUT2D eigenvalue weighted by atomic mass is 19.1. The summed E-state index contributed by atoms with van der Waals surface area (Å²) in [5.41, 5.74) is 0.625. The largest absolute Gasteiger partial charge is 0.481 e. The first-order valence-electron chi connectivity index (χ1n) is 8.97.